The van der Waals surface area contributed by atoms with Crippen molar-refractivity contribution in [2.24, 2.45) is 0 Å². The van der Waals surface area contributed by atoms with Crippen molar-refractivity contribution in [3.63, 3.8) is 0 Å². The van der Waals surface area contributed by atoms with Gasteiger partial charge in [-0.2, -0.15) is 10.4 Å². The predicted molar refractivity (Wildman–Crippen MR) is 120 cm³/mol. The number of nitrogens with two attached hydrogens (primary N) is 1. The number of likely N-dealkylation sites (N-methyl/N-ethyl adjacent to an activating group) is 1. The number of benzene rings is 1. The lowest BCUT2D eigenvalue weighted by atomic mass is 10.1. The van der Waals surface area contributed by atoms with Crippen LogP contribution in [0.5, 0.6) is 5.75 Å². The number of nitrogens with zero attached hydrogens (tertiary/aromatic N) is 5. The summed E-state index contributed by atoms with van der Waals surface area (Å²) in [4.78, 5) is 16.0. The molecule has 4 rings (SSSR count). The van der Waals surface area contributed by atoms with E-state index in [1.165, 1.54) is 4.68 Å². The van der Waals surface area contributed by atoms with Gasteiger partial charge >= 0.3 is 6.09 Å². The highest BCUT2D eigenvalue weighted by Gasteiger charge is 2.35. The average Bonchev–Trinajstić information content (AvgIpc) is 3.33. The van der Waals surface area contributed by atoms with E-state index in [1.54, 1.807) is 16.8 Å². The lowest BCUT2D eigenvalue weighted by molar-refractivity contribution is 0.0211. The van der Waals surface area contributed by atoms with Crippen molar-refractivity contribution in [3.05, 3.63) is 35.0 Å². The third-order valence-electron chi connectivity index (χ3n) is 5.95. The van der Waals surface area contributed by atoms with Gasteiger partial charge in [-0.05, 0) is 33.6 Å². The van der Waals surface area contributed by atoms with Crippen LogP contribution in [0.15, 0.2) is 12.1 Å². The van der Waals surface area contributed by atoms with Crippen molar-refractivity contribution in [2.45, 2.75) is 57.9 Å². The van der Waals surface area contributed by atoms with E-state index >= 15 is 0 Å². The monoisotopic (exact) mass is 474 g/mol. The summed E-state index contributed by atoms with van der Waals surface area (Å²) >= 11 is 0. The van der Waals surface area contributed by atoms with Gasteiger partial charge in [0.1, 0.15) is 34.5 Å². The Morgan fingerprint density at radius 1 is 1.35 bits per heavy atom. The Kier molecular flexibility index (Phi) is 6.02. The molecule has 1 unspecified atom stereocenters. The molecule has 2 atom stereocenters. The van der Waals surface area contributed by atoms with Crippen LogP contribution < -0.4 is 15.4 Å². The van der Waals surface area contributed by atoms with Gasteiger partial charge in [-0.25, -0.2) is 18.3 Å². The number of likely N-dealkylation sites (tertiary alicyclic amines) is 1. The number of aromatic nitrogens is 2. The molecule has 34 heavy (non-hydrogen) atoms. The van der Waals surface area contributed by atoms with Gasteiger partial charge in [-0.3, -0.25) is 0 Å². The second kappa shape index (κ2) is 8.66. The topological polar surface area (TPSA) is 110 Å². The fraction of sp³-hybridized carbons (Fsp3) is 0.522. The summed E-state index contributed by atoms with van der Waals surface area (Å²) in [6.45, 7) is 6.55. The third-order valence-corrected chi connectivity index (χ3v) is 5.95. The molecule has 2 aliphatic heterocycles. The second-order valence-corrected chi connectivity index (χ2v) is 9.63. The first-order valence-electron chi connectivity index (χ1n) is 11.1. The van der Waals surface area contributed by atoms with Gasteiger partial charge in [0.25, 0.3) is 0 Å². The summed E-state index contributed by atoms with van der Waals surface area (Å²) in [5, 5.41) is 14.3. The highest BCUT2D eigenvalue weighted by atomic mass is 19.2. The number of amides is 1. The number of rotatable bonds is 3. The second-order valence-electron chi connectivity index (χ2n) is 9.63. The van der Waals surface area contributed by atoms with Crippen molar-refractivity contribution in [3.8, 4) is 11.8 Å². The zero-order chi connectivity index (χ0) is 24.8. The lowest BCUT2D eigenvalue weighted by Gasteiger charge is -2.33. The summed E-state index contributed by atoms with van der Waals surface area (Å²) in [7, 11) is 1.72. The number of hydrogen-bond acceptors (Lipinski definition) is 7. The van der Waals surface area contributed by atoms with E-state index in [4.69, 9.17) is 15.2 Å². The summed E-state index contributed by atoms with van der Waals surface area (Å²) in [6, 6.07) is 3.95. The molecule has 1 aromatic heterocycles. The highest BCUT2D eigenvalue weighted by Crippen LogP contribution is 2.39. The molecular formula is C23H28F2N6O3. The zero-order valence-electron chi connectivity index (χ0n) is 19.6. The van der Waals surface area contributed by atoms with Crippen LogP contribution in [0.1, 0.15) is 51.0 Å². The molecule has 0 bridgehead atoms. The van der Waals surface area contributed by atoms with E-state index in [1.807, 2.05) is 20.8 Å². The number of carbonyl (C=O) groups is 1. The van der Waals surface area contributed by atoms with Gasteiger partial charge in [-0.1, -0.05) is 0 Å². The SMILES string of the molecule is CN1CC(c2nn(C[C@@H]3CCCN3C(=O)OC(C)(C)C)c(N)c2C#N)Oc2cc(F)c(F)cc21. The van der Waals surface area contributed by atoms with Gasteiger partial charge in [-0.15, -0.1) is 0 Å². The van der Waals surface area contributed by atoms with E-state index in [0.29, 0.717) is 24.5 Å². The van der Waals surface area contributed by atoms with Crippen molar-refractivity contribution in [1.29, 1.82) is 5.26 Å². The van der Waals surface area contributed by atoms with E-state index in [0.717, 1.165) is 25.0 Å². The summed E-state index contributed by atoms with van der Waals surface area (Å²) in [5.41, 5.74) is 6.52. The zero-order valence-corrected chi connectivity index (χ0v) is 19.6. The maximum atomic E-state index is 13.8. The van der Waals surface area contributed by atoms with E-state index in [9.17, 15) is 18.8 Å². The first kappa shape index (κ1) is 23.6. The Bertz CT molecular complexity index is 1150. The van der Waals surface area contributed by atoms with Gasteiger partial charge in [0.2, 0.25) is 0 Å². The van der Waals surface area contributed by atoms with Crippen LogP contribution in [0.4, 0.5) is 25.1 Å². The minimum Gasteiger partial charge on any atom is -0.480 e. The molecule has 3 heterocycles. The fourth-order valence-corrected chi connectivity index (χ4v) is 4.35. The summed E-state index contributed by atoms with van der Waals surface area (Å²) in [6.07, 6.45) is 0.449. The Morgan fingerprint density at radius 2 is 2.06 bits per heavy atom. The minimum atomic E-state index is -1.03. The number of nitriles is 1. The summed E-state index contributed by atoms with van der Waals surface area (Å²) in [5.74, 6) is -1.68. The van der Waals surface area contributed by atoms with Gasteiger partial charge in [0.05, 0.1) is 24.8 Å². The van der Waals surface area contributed by atoms with Crippen LogP contribution in [-0.4, -0.2) is 52.6 Å². The molecule has 2 aromatic rings. The van der Waals surface area contributed by atoms with Crippen molar-refractivity contribution < 1.29 is 23.0 Å². The maximum absolute atomic E-state index is 13.8. The Morgan fingerprint density at radius 3 is 2.74 bits per heavy atom. The van der Waals surface area contributed by atoms with Crippen LogP contribution in [0.3, 0.4) is 0 Å². The Balaban J connectivity index is 1.59. The molecule has 2 N–H and O–H groups in total. The quantitative estimate of drug-likeness (QED) is 0.724. The van der Waals surface area contributed by atoms with Crippen molar-refractivity contribution in [2.75, 3.05) is 30.8 Å². The molecule has 1 aromatic carbocycles. The number of nitrogen functional groups attached to an aromatic ring is 1. The average molecular weight is 475 g/mol. The van der Waals surface area contributed by atoms with E-state index in [-0.39, 0.29) is 29.7 Å². The van der Waals surface area contributed by atoms with Gasteiger partial charge in [0, 0.05) is 25.7 Å². The minimum absolute atomic E-state index is 0.154. The molecule has 0 radical (unpaired) electrons. The smallest absolute Gasteiger partial charge is 0.410 e. The molecule has 11 heteroatoms. The molecule has 1 saturated heterocycles. The third kappa shape index (κ3) is 4.44. The maximum Gasteiger partial charge on any atom is 0.410 e. The largest absolute Gasteiger partial charge is 0.480 e. The first-order valence-corrected chi connectivity index (χ1v) is 11.1. The van der Waals surface area contributed by atoms with Crippen LogP contribution in [0.25, 0.3) is 0 Å². The number of halogens is 2. The number of ether oxygens (including phenoxy) is 2. The molecule has 0 aliphatic carbocycles. The number of carbonyl (C=O) groups excluding carboxylic acids is 1. The predicted octanol–water partition coefficient (Wildman–Crippen LogP) is 3.58. The summed E-state index contributed by atoms with van der Waals surface area (Å²) < 4.78 is 40.4. The van der Waals surface area contributed by atoms with Gasteiger partial charge < -0.3 is 25.0 Å². The fourth-order valence-electron chi connectivity index (χ4n) is 4.35. The highest BCUT2D eigenvalue weighted by molar-refractivity contribution is 5.69. The van der Waals surface area contributed by atoms with E-state index in [2.05, 4.69) is 11.2 Å². The number of fused-ring (bicyclic) bond motifs is 1. The molecule has 9 nitrogen and oxygen atoms in total. The normalized spacial score (nSPS) is 20.0. The molecule has 0 spiro atoms. The van der Waals surface area contributed by atoms with Crippen LogP contribution >= 0.6 is 0 Å². The Labute approximate surface area is 196 Å². The molecule has 182 valence electrons. The van der Waals surface area contributed by atoms with Gasteiger partial charge in [0.15, 0.2) is 17.7 Å². The Hall–Kier alpha value is -3.55. The van der Waals surface area contributed by atoms with E-state index < -0.39 is 29.4 Å². The molecule has 1 fully saturated rings. The molecule has 0 saturated carbocycles. The lowest BCUT2D eigenvalue weighted by Crippen LogP contribution is -2.41. The molecular weight excluding hydrogens is 446 g/mol. The van der Waals surface area contributed by atoms with Crippen molar-refractivity contribution >= 4 is 17.6 Å². The molecule has 1 amide bonds. The molecule has 2 aliphatic rings. The first-order chi connectivity index (χ1) is 16.0. The standard InChI is InChI=1S/C23H28F2N6O3/c1-23(2,3)34-22(32)30-7-5-6-13(30)11-31-21(27)14(10-26)20(28-31)19-12-29(4)17-8-15(24)16(25)9-18(17)33-19/h8-9,13,19H,5-7,11-12,27H2,1-4H3/t13-,19?/m0/s1. The van der Waals surface area contributed by atoms with Crippen LogP contribution in [0.2, 0.25) is 0 Å². The number of hydrogen-bond donors (Lipinski definition) is 1. The van der Waals surface area contributed by atoms with Crippen molar-refractivity contribution in [1.82, 2.24) is 14.7 Å². The van der Waals surface area contributed by atoms with Crippen LogP contribution in [-0.2, 0) is 11.3 Å². The van der Waals surface area contributed by atoms with Crippen LogP contribution in [0, 0.1) is 23.0 Å². The number of anilines is 2.